The number of hydrogen-bond donors (Lipinski definition) is 1. The fraction of sp³-hybridized carbons (Fsp3) is 0.333. The first-order valence-corrected chi connectivity index (χ1v) is 10.7. The summed E-state index contributed by atoms with van der Waals surface area (Å²) in [6, 6.07) is 12.1. The van der Waals surface area contributed by atoms with Crippen LogP contribution in [0.2, 0.25) is 0 Å². The maximum atomic E-state index is 13.2. The Kier molecular flexibility index (Phi) is 6.16. The van der Waals surface area contributed by atoms with Crippen molar-refractivity contribution in [2.75, 3.05) is 38.0 Å². The quantitative estimate of drug-likeness (QED) is 0.584. The molecule has 0 spiro atoms. The number of ketones is 1. The predicted octanol–water partition coefficient (Wildman–Crippen LogP) is 4.54. The Morgan fingerprint density at radius 2 is 1.61 bits per heavy atom. The van der Waals surface area contributed by atoms with Gasteiger partial charge in [0.1, 0.15) is 0 Å². The number of fused-ring (bicyclic) bond motifs is 1. The molecule has 0 radical (unpaired) electrons. The average Bonchev–Trinajstić information content (AvgIpc) is 3.04. The van der Waals surface area contributed by atoms with Crippen LogP contribution in [0.25, 0.3) is 10.9 Å². The first-order chi connectivity index (χ1) is 15.7. The van der Waals surface area contributed by atoms with Gasteiger partial charge in [-0.05, 0) is 25.1 Å². The molecule has 1 fully saturated rings. The molecule has 2 amide bonds. The Morgan fingerprint density at radius 3 is 2.30 bits per heavy atom. The Bertz CT molecular complexity index is 1190. The topological polar surface area (TPSA) is 57.6 Å². The van der Waals surface area contributed by atoms with E-state index in [9.17, 15) is 22.8 Å². The number of anilines is 1. The largest absolute Gasteiger partial charge is 0.418 e. The lowest BCUT2D eigenvalue weighted by Crippen LogP contribution is -2.51. The number of para-hydroxylation sites is 2. The van der Waals surface area contributed by atoms with Crippen LogP contribution in [0.1, 0.15) is 21.6 Å². The van der Waals surface area contributed by atoms with Gasteiger partial charge in [0.05, 0.1) is 17.8 Å². The average molecular weight is 458 g/mol. The number of aromatic nitrogens is 1. The zero-order chi connectivity index (χ0) is 23.8. The second-order valence-electron chi connectivity index (χ2n) is 8.20. The summed E-state index contributed by atoms with van der Waals surface area (Å²) in [6.45, 7) is 3.72. The molecule has 6 nitrogen and oxygen atoms in total. The highest BCUT2D eigenvalue weighted by Crippen LogP contribution is 2.34. The van der Waals surface area contributed by atoms with Crippen LogP contribution in [0.3, 0.4) is 0 Å². The molecule has 2 heterocycles. The van der Waals surface area contributed by atoms with E-state index in [1.54, 1.807) is 0 Å². The third-order valence-corrected chi connectivity index (χ3v) is 6.18. The molecule has 0 unspecified atom stereocenters. The maximum absolute atomic E-state index is 13.2. The van der Waals surface area contributed by atoms with Gasteiger partial charge in [-0.2, -0.15) is 13.2 Å². The fourth-order valence-electron chi connectivity index (χ4n) is 4.30. The van der Waals surface area contributed by atoms with Crippen molar-refractivity contribution in [1.29, 1.82) is 0 Å². The summed E-state index contributed by atoms with van der Waals surface area (Å²) in [5, 5.41) is 3.30. The van der Waals surface area contributed by atoms with Gasteiger partial charge in [0.15, 0.2) is 5.78 Å². The number of nitrogens with zero attached hydrogens (tertiary/aromatic N) is 3. The highest BCUT2D eigenvalue weighted by Gasteiger charge is 2.34. The highest BCUT2D eigenvalue weighted by molar-refractivity contribution is 6.10. The van der Waals surface area contributed by atoms with Crippen LogP contribution in [-0.2, 0) is 13.2 Å². The Balaban J connectivity index is 1.38. The number of carbonyl (C=O) groups excluding carboxylic acids is 2. The lowest BCUT2D eigenvalue weighted by Gasteiger charge is -2.34. The number of Topliss-reactive ketones (excluding diaryl/α,β-unsaturated/α-hetero) is 1. The molecule has 2 aromatic carbocycles. The summed E-state index contributed by atoms with van der Waals surface area (Å²) in [7, 11) is 1.93. The van der Waals surface area contributed by atoms with Crippen LogP contribution in [0.15, 0.2) is 48.5 Å². The van der Waals surface area contributed by atoms with Gasteiger partial charge in [0, 0.05) is 55.4 Å². The molecule has 1 aromatic heterocycles. The van der Waals surface area contributed by atoms with Crippen LogP contribution in [0.4, 0.5) is 23.7 Å². The summed E-state index contributed by atoms with van der Waals surface area (Å²) in [6.07, 6.45) is -4.55. The summed E-state index contributed by atoms with van der Waals surface area (Å²) < 4.78 is 41.5. The molecule has 1 saturated heterocycles. The number of aryl methyl sites for hydroxylation is 1. The third kappa shape index (κ3) is 4.59. The molecule has 0 atom stereocenters. The Hall–Kier alpha value is -3.33. The van der Waals surface area contributed by atoms with E-state index in [4.69, 9.17) is 0 Å². The van der Waals surface area contributed by atoms with Crippen molar-refractivity contribution in [3.63, 3.8) is 0 Å². The van der Waals surface area contributed by atoms with E-state index in [-0.39, 0.29) is 18.0 Å². The smallest absolute Gasteiger partial charge is 0.347 e. The Morgan fingerprint density at radius 1 is 0.970 bits per heavy atom. The van der Waals surface area contributed by atoms with Crippen LogP contribution in [0.5, 0.6) is 0 Å². The van der Waals surface area contributed by atoms with Gasteiger partial charge in [0.2, 0.25) is 0 Å². The van der Waals surface area contributed by atoms with Crippen molar-refractivity contribution in [3.8, 4) is 0 Å². The summed E-state index contributed by atoms with van der Waals surface area (Å²) in [4.78, 5) is 29.1. The molecule has 3 aromatic rings. The molecule has 33 heavy (non-hydrogen) atoms. The first-order valence-electron chi connectivity index (χ1n) is 10.7. The van der Waals surface area contributed by atoms with Crippen LogP contribution >= 0.6 is 0 Å². The molecule has 0 aliphatic carbocycles. The molecular formula is C24H25F3N4O2. The van der Waals surface area contributed by atoms with Gasteiger partial charge in [0.25, 0.3) is 0 Å². The lowest BCUT2D eigenvalue weighted by molar-refractivity contribution is -0.136. The molecule has 1 aliphatic heterocycles. The number of alkyl halides is 3. The minimum absolute atomic E-state index is 0.0151. The van der Waals surface area contributed by atoms with Gasteiger partial charge in [-0.15, -0.1) is 0 Å². The van der Waals surface area contributed by atoms with Gasteiger partial charge in [-0.25, -0.2) is 4.79 Å². The first kappa shape index (κ1) is 22.8. The third-order valence-electron chi connectivity index (χ3n) is 6.18. The molecule has 9 heteroatoms. The van der Waals surface area contributed by atoms with Gasteiger partial charge >= 0.3 is 12.2 Å². The van der Waals surface area contributed by atoms with Crippen LogP contribution in [0, 0.1) is 6.92 Å². The van der Waals surface area contributed by atoms with Crippen LogP contribution < -0.4 is 5.32 Å². The standard InChI is InChI=1S/C24H25F3N4O2/c1-16-22(17-7-3-6-10-20(17)29(16)2)21(32)15-30-11-13-31(14-12-30)23(33)28-19-9-5-4-8-18(19)24(25,26)27/h3-10H,11-15H2,1-2H3,(H,28,33). The van der Waals surface area contributed by atoms with E-state index >= 15 is 0 Å². The van der Waals surface area contributed by atoms with Crippen molar-refractivity contribution in [2.24, 2.45) is 7.05 Å². The number of nitrogens with one attached hydrogen (secondary N) is 1. The number of benzene rings is 2. The highest BCUT2D eigenvalue weighted by atomic mass is 19.4. The number of piperazine rings is 1. The molecular weight excluding hydrogens is 433 g/mol. The summed E-state index contributed by atoms with van der Waals surface area (Å²) >= 11 is 0. The maximum Gasteiger partial charge on any atom is 0.418 e. The number of urea groups is 1. The van der Waals surface area contributed by atoms with Crippen molar-refractivity contribution in [1.82, 2.24) is 14.4 Å². The molecule has 174 valence electrons. The summed E-state index contributed by atoms with van der Waals surface area (Å²) in [5.41, 5.74) is 1.46. The normalized spacial score (nSPS) is 15.1. The monoisotopic (exact) mass is 458 g/mol. The molecule has 4 rings (SSSR count). The number of carbonyl (C=O) groups is 2. The SMILES string of the molecule is Cc1c(C(=O)CN2CCN(C(=O)Nc3ccccc3C(F)(F)F)CC2)c2ccccc2n1C. The van der Waals surface area contributed by atoms with E-state index in [2.05, 4.69) is 5.32 Å². The minimum atomic E-state index is -4.55. The molecule has 1 aliphatic rings. The molecule has 0 saturated carbocycles. The van der Waals surface area contributed by atoms with E-state index in [1.165, 1.54) is 23.1 Å². The van der Waals surface area contributed by atoms with Crippen molar-refractivity contribution in [2.45, 2.75) is 13.1 Å². The van der Waals surface area contributed by atoms with Gasteiger partial charge in [-0.1, -0.05) is 30.3 Å². The summed E-state index contributed by atoms with van der Waals surface area (Å²) in [5.74, 6) is 0.0151. The van der Waals surface area contributed by atoms with E-state index in [1.807, 2.05) is 47.7 Å². The predicted molar refractivity (Wildman–Crippen MR) is 120 cm³/mol. The zero-order valence-corrected chi connectivity index (χ0v) is 18.4. The van der Waals surface area contributed by atoms with E-state index in [0.717, 1.165) is 22.7 Å². The lowest BCUT2D eigenvalue weighted by atomic mass is 10.1. The number of amides is 2. The second kappa shape index (κ2) is 8.90. The van der Waals surface area contributed by atoms with Crippen molar-refractivity contribution < 1.29 is 22.8 Å². The molecule has 1 N–H and O–H groups in total. The Labute approximate surface area is 189 Å². The number of hydrogen-bond acceptors (Lipinski definition) is 3. The second-order valence-corrected chi connectivity index (χ2v) is 8.20. The van der Waals surface area contributed by atoms with E-state index < -0.39 is 17.8 Å². The minimum Gasteiger partial charge on any atom is -0.347 e. The number of halogens is 3. The molecule has 0 bridgehead atoms. The van der Waals surface area contributed by atoms with Gasteiger partial charge in [-0.3, -0.25) is 9.69 Å². The zero-order valence-electron chi connectivity index (χ0n) is 18.4. The van der Waals surface area contributed by atoms with Gasteiger partial charge < -0.3 is 14.8 Å². The fourth-order valence-corrected chi connectivity index (χ4v) is 4.30. The number of rotatable bonds is 4. The van der Waals surface area contributed by atoms with Crippen molar-refractivity contribution in [3.05, 3.63) is 65.4 Å². The van der Waals surface area contributed by atoms with Crippen LogP contribution in [-0.4, -0.2) is 58.9 Å². The van der Waals surface area contributed by atoms with Crippen molar-refractivity contribution >= 4 is 28.4 Å². The van der Waals surface area contributed by atoms with E-state index in [0.29, 0.717) is 31.7 Å².